The maximum atomic E-state index is 14.2. The van der Waals surface area contributed by atoms with Crippen molar-refractivity contribution in [2.24, 2.45) is 5.92 Å². The molecular formula is C29H38FN3O4. The minimum absolute atomic E-state index is 0.00349. The summed E-state index contributed by atoms with van der Waals surface area (Å²) in [6.07, 6.45) is 6.57. The molecule has 3 rings (SSSR count). The number of urea groups is 1. The van der Waals surface area contributed by atoms with Crippen LogP contribution in [-0.4, -0.2) is 30.6 Å². The first-order valence-electron chi connectivity index (χ1n) is 13.0. The van der Waals surface area contributed by atoms with Gasteiger partial charge in [0.2, 0.25) is 0 Å². The Balaban J connectivity index is 1.83. The SMILES string of the molecule is CCCc1cc(C)c(NC(=O)Nc2cc(F)ccc2C(=O)N[C@@](C)(C(=O)OC)C2CCCCC2)c(C)c1. The van der Waals surface area contributed by atoms with Gasteiger partial charge in [0.05, 0.1) is 18.4 Å². The summed E-state index contributed by atoms with van der Waals surface area (Å²) in [6.45, 7) is 7.62. The van der Waals surface area contributed by atoms with E-state index in [9.17, 15) is 18.8 Å². The Bertz CT molecular complexity index is 1140. The third-order valence-corrected chi connectivity index (χ3v) is 7.25. The smallest absolute Gasteiger partial charge is 0.331 e. The number of anilines is 2. The van der Waals surface area contributed by atoms with Gasteiger partial charge in [0.25, 0.3) is 5.91 Å². The Kier molecular flexibility index (Phi) is 9.29. The highest BCUT2D eigenvalue weighted by Crippen LogP contribution is 2.34. The largest absolute Gasteiger partial charge is 0.467 e. The van der Waals surface area contributed by atoms with Crippen molar-refractivity contribution in [1.29, 1.82) is 0 Å². The molecular weight excluding hydrogens is 473 g/mol. The van der Waals surface area contributed by atoms with E-state index < -0.39 is 29.3 Å². The van der Waals surface area contributed by atoms with Gasteiger partial charge < -0.3 is 20.7 Å². The molecule has 0 saturated heterocycles. The number of carbonyl (C=O) groups is 3. The van der Waals surface area contributed by atoms with Gasteiger partial charge in [0, 0.05) is 5.69 Å². The fourth-order valence-electron chi connectivity index (χ4n) is 5.28. The highest BCUT2D eigenvalue weighted by molar-refractivity contribution is 6.08. The molecule has 3 amide bonds. The quantitative estimate of drug-likeness (QED) is 0.363. The van der Waals surface area contributed by atoms with Gasteiger partial charge in [0.15, 0.2) is 0 Å². The van der Waals surface area contributed by atoms with Crippen molar-refractivity contribution in [1.82, 2.24) is 5.32 Å². The van der Waals surface area contributed by atoms with Gasteiger partial charge in [-0.15, -0.1) is 0 Å². The molecule has 200 valence electrons. The summed E-state index contributed by atoms with van der Waals surface area (Å²) < 4.78 is 19.2. The summed E-state index contributed by atoms with van der Waals surface area (Å²) in [4.78, 5) is 39.1. The number of hydrogen-bond acceptors (Lipinski definition) is 4. The topological polar surface area (TPSA) is 96.5 Å². The second kappa shape index (κ2) is 12.2. The highest BCUT2D eigenvalue weighted by Gasteiger charge is 2.44. The maximum absolute atomic E-state index is 14.2. The van der Waals surface area contributed by atoms with Crippen LogP contribution in [0, 0.1) is 25.6 Å². The van der Waals surface area contributed by atoms with Gasteiger partial charge >= 0.3 is 12.0 Å². The molecule has 7 nitrogen and oxygen atoms in total. The first kappa shape index (κ1) is 28.2. The first-order valence-corrected chi connectivity index (χ1v) is 13.0. The standard InChI is InChI=1S/C29H38FN3O4/c1-6-10-20-15-18(2)25(19(3)16-20)32-28(36)31-24-17-22(30)13-14-23(24)26(34)33-29(4,27(35)37-5)21-11-8-7-9-12-21/h13-17,21H,6-12H2,1-5H3,(H,33,34)(H2,31,32,36)/t29-/m1/s1. The predicted octanol–water partition coefficient (Wildman–Crippen LogP) is 6.28. The molecule has 1 atom stereocenters. The molecule has 1 saturated carbocycles. The number of benzene rings is 2. The monoisotopic (exact) mass is 511 g/mol. The van der Waals surface area contributed by atoms with Gasteiger partial charge in [-0.25, -0.2) is 14.0 Å². The van der Waals surface area contributed by atoms with Crippen LogP contribution in [0.3, 0.4) is 0 Å². The summed E-state index contributed by atoms with van der Waals surface area (Å²) in [5.74, 6) is -1.81. The number of aryl methyl sites for hydroxylation is 3. The molecule has 1 fully saturated rings. The van der Waals surface area contributed by atoms with Crippen LogP contribution >= 0.6 is 0 Å². The van der Waals surface area contributed by atoms with Crippen molar-refractivity contribution < 1.29 is 23.5 Å². The van der Waals surface area contributed by atoms with Crippen molar-refractivity contribution in [2.75, 3.05) is 17.7 Å². The lowest BCUT2D eigenvalue weighted by Crippen LogP contribution is -2.58. The minimum atomic E-state index is -1.24. The van der Waals surface area contributed by atoms with E-state index in [0.717, 1.165) is 68.2 Å². The molecule has 0 aliphatic heterocycles. The van der Waals surface area contributed by atoms with Crippen molar-refractivity contribution >= 4 is 29.3 Å². The van der Waals surface area contributed by atoms with Crippen LogP contribution in [0.25, 0.3) is 0 Å². The number of hydrogen-bond donors (Lipinski definition) is 3. The number of nitrogens with one attached hydrogen (secondary N) is 3. The van der Waals surface area contributed by atoms with Gasteiger partial charge in [-0.3, -0.25) is 4.79 Å². The second-order valence-corrected chi connectivity index (χ2v) is 10.1. The molecule has 37 heavy (non-hydrogen) atoms. The van der Waals surface area contributed by atoms with E-state index >= 15 is 0 Å². The van der Waals surface area contributed by atoms with E-state index in [2.05, 4.69) is 22.9 Å². The second-order valence-electron chi connectivity index (χ2n) is 10.1. The molecule has 0 bridgehead atoms. The molecule has 0 aromatic heterocycles. The van der Waals surface area contributed by atoms with Gasteiger partial charge in [-0.05, 0) is 80.8 Å². The van der Waals surface area contributed by atoms with Gasteiger partial charge in [-0.2, -0.15) is 0 Å². The third-order valence-electron chi connectivity index (χ3n) is 7.25. The Morgan fingerprint density at radius 2 is 1.68 bits per heavy atom. The fourth-order valence-corrected chi connectivity index (χ4v) is 5.28. The zero-order valence-corrected chi connectivity index (χ0v) is 22.4. The summed E-state index contributed by atoms with van der Waals surface area (Å²) in [5.41, 5.74) is 2.50. The van der Waals surface area contributed by atoms with E-state index in [0.29, 0.717) is 5.69 Å². The van der Waals surface area contributed by atoms with Crippen LogP contribution in [-0.2, 0) is 16.0 Å². The Labute approximate surface area is 218 Å². The zero-order valence-electron chi connectivity index (χ0n) is 22.4. The highest BCUT2D eigenvalue weighted by atomic mass is 19.1. The lowest BCUT2D eigenvalue weighted by Gasteiger charge is -2.38. The number of carbonyl (C=O) groups excluding carboxylic acids is 3. The molecule has 2 aromatic rings. The minimum Gasteiger partial charge on any atom is -0.467 e. The molecule has 0 spiro atoms. The van der Waals surface area contributed by atoms with Crippen LogP contribution in [0.2, 0.25) is 0 Å². The van der Waals surface area contributed by atoms with Crippen molar-refractivity contribution in [3.63, 3.8) is 0 Å². The van der Waals surface area contributed by atoms with Crippen LogP contribution in [0.5, 0.6) is 0 Å². The Hall–Kier alpha value is -3.42. The number of methoxy groups -OCH3 is 1. The third kappa shape index (κ3) is 6.67. The molecule has 1 aliphatic carbocycles. The molecule has 3 N–H and O–H groups in total. The van der Waals surface area contributed by atoms with Crippen molar-refractivity contribution in [2.45, 2.75) is 78.2 Å². The number of rotatable bonds is 8. The Morgan fingerprint density at radius 1 is 1.03 bits per heavy atom. The summed E-state index contributed by atoms with van der Waals surface area (Å²) in [5, 5.41) is 8.29. The average molecular weight is 512 g/mol. The van der Waals surface area contributed by atoms with Crippen LogP contribution < -0.4 is 16.0 Å². The maximum Gasteiger partial charge on any atom is 0.331 e. The summed E-state index contributed by atoms with van der Waals surface area (Å²) in [7, 11) is 1.30. The van der Waals surface area contributed by atoms with Crippen molar-refractivity contribution in [3.05, 3.63) is 58.4 Å². The van der Waals surface area contributed by atoms with Crippen molar-refractivity contribution in [3.8, 4) is 0 Å². The number of amides is 3. The molecule has 0 radical (unpaired) electrons. The Morgan fingerprint density at radius 3 is 2.27 bits per heavy atom. The summed E-state index contributed by atoms with van der Waals surface area (Å²) in [6, 6.07) is 7.01. The molecule has 0 heterocycles. The van der Waals surface area contributed by atoms with E-state index in [-0.39, 0.29) is 17.2 Å². The number of esters is 1. The van der Waals surface area contributed by atoms with Crippen LogP contribution in [0.1, 0.15) is 79.4 Å². The molecule has 8 heteroatoms. The van der Waals surface area contributed by atoms with E-state index in [1.54, 1.807) is 6.92 Å². The normalized spacial score (nSPS) is 15.4. The predicted molar refractivity (Wildman–Crippen MR) is 143 cm³/mol. The molecule has 1 aliphatic rings. The van der Waals surface area contributed by atoms with Crippen LogP contribution in [0.4, 0.5) is 20.6 Å². The lowest BCUT2D eigenvalue weighted by atomic mass is 9.75. The van der Waals surface area contributed by atoms with Gasteiger partial charge in [0.1, 0.15) is 11.4 Å². The first-order chi connectivity index (χ1) is 17.6. The van der Waals surface area contributed by atoms with E-state index in [1.807, 2.05) is 26.0 Å². The number of halogens is 1. The zero-order chi connectivity index (χ0) is 27.2. The fraction of sp³-hybridized carbons (Fsp3) is 0.483. The molecule has 0 unspecified atom stereocenters. The van der Waals surface area contributed by atoms with E-state index in [4.69, 9.17) is 4.74 Å². The van der Waals surface area contributed by atoms with Crippen LogP contribution in [0.15, 0.2) is 30.3 Å². The average Bonchev–Trinajstić information content (AvgIpc) is 2.86. The van der Waals surface area contributed by atoms with E-state index in [1.165, 1.54) is 18.7 Å². The van der Waals surface area contributed by atoms with Gasteiger partial charge in [-0.1, -0.05) is 44.7 Å². The number of ether oxygens (including phenoxy) is 1. The summed E-state index contributed by atoms with van der Waals surface area (Å²) >= 11 is 0. The lowest BCUT2D eigenvalue weighted by molar-refractivity contribution is -0.150. The molecule has 2 aromatic carbocycles.